The summed E-state index contributed by atoms with van der Waals surface area (Å²) in [4.78, 5) is 10.1. The average molecular weight is 278 g/mol. The second-order valence-electron chi connectivity index (χ2n) is 4.16. The van der Waals surface area contributed by atoms with Crippen LogP contribution < -0.4 is 0 Å². The van der Waals surface area contributed by atoms with E-state index < -0.39 is 4.92 Å². The second kappa shape index (κ2) is 6.22. The van der Waals surface area contributed by atoms with Gasteiger partial charge in [0, 0.05) is 19.2 Å². The maximum atomic E-state index is 10.6. The van der Waals surface area contributed by atoms with E-state index in [1.165, 1.54) is 12.1 Å². The molecule has 0 radical (unpaired) electrons. The zero-order valence-electron chi connectivity index (χ0n) is 10.9. The van der Waals surface area contributed by atoms with Crippen molar-refractivity contribution in [3.63, 3.8) is 0 Å². The Kier molecular flexibility index (Phi) is 4.38. The lowest BCUT2D eigenvalue weighted by molar-refractivity contribution is -0.384. The minimum Gasteiger partial charge on any atom is -0.390 e. The van der Waals surface area contributed by atoms with Crippen LogP contribution >= 0.6 is 0 Å². The maximum Gasteiger partial charge on any atom is 0.269 e. The Morgan fingerprint density at radius 3 is 2.65 bits per heavy atom. The van der Waals surface area contributed by atoms with Crippen LogP contribution in [0.1, 0.15) is 17.0 Å². The molecule has 0 bridgehead atoms. The molecule has 8 nitrogen and oxygen atoms in total. The molecule has 8 heteroatoms. The predicted molar refractivity (Wildman–Crippen MR) is 68.9 cm³/mol. The van der Waals surface area contributed by atoms with Gasteiger partial charge in [0.05, 0.1) is 30.4 Å². The second-order valence-corrected chi connectivity index (χ2v) is 4.16. The van der Waals surface area contributed by atoms with Crippen LogP contribution in [0.5, 0.6) is 0 Å². The Hall–Kier alpha value is -2.32. The predicted octanol–water partition coefficient (Wildman–Crippen LogP) is 0.873. The smallest absolute Gasteiger partial charge is 0.269 e. The molecular weight excluding hydrogens is 264 g/mol. The van der Waals surface area contributed by atoms with Crippen LogP contribution in [0, 0.1) is 10.1 Å². The van der Waals surface area contributed by atoms with Gasteiger partial charge in [-0.15, -0.1) is 5.10 Å². The van der Waals surface area contributed by atoms with Gasteiger partial charge >= 0.3 is 0 Å². The first-order chi connectivity index (χ1) is 9.65. The number of aliphatic hydroxyl groups is 1. The number of hydrogen-bond donors (Lipinski definition) is 1. The number of ether oxygens (including phenoxy) is 1. The van der Waals surface area contributed by atoms with E-state index in [0.29, 0.717) is 17.9 Å². The number of nitro benzene ring substituents is 1. The average Bonchev–Trinajstić information content (AvgIpc) is 2.82. The van der Waals surface area contributed by atoms with E-state index in [1.807, 2.05) is 0 Å². The molecule has 0 saturated carbocycles. The summed E-state index contributed by atoms with van der Waals surface area (Å²) >= 11 is 0. The van der Waals surface area contributed by atoms with Gasteiger partial charge in [-0.1, -0.05) is 17.3 Å². The lowest BCUT2D eigenvalue weighted by atomic mass is 10.2. The van der Waals surface area contributed by atoms with Crippen molar-refractivity contribution in [1.29, 1.82) is 0 Å². The minimum atomic E-state index is -0.445. The Morgan fingerprint density at radius 1 is 1.40 bits per heavy atom. The summed E-state index contributed by atoms with van der Waals surface area (Å²) in [7, 11) is 1.55. The summed E-state index contributed by atoms with van der Waals surface area (Å²) in [6.07, 6.45) is 0. The fourth-order valence-electron chi connectivity index (χ4n) is 1.81. The van der Waals surface area contributed by atoms with Crippen molar-refractivity contribution in [3.05, 3.63) is 51.3 Å². The van der Waals surface area contributed by atoms with E-state index in [2.05, 4.69) is 10.3 Å². The van der Waals surface area contributed by atoms with Gasteiger partial charge < -0.3 is 9.84 Å². The number of aliphatic hydroxyl groups excluding tert-OH is 1. The van der Waals surface area contributed by atoms with Crippen molar-refractivity contribution in [2.75, 3.05) is 7.11 Å². The van der Waals surface area contributed by atoms with Crippen molar-refractivity contribution in [2.45, 2.75) is 19.8 Å². The molecule has 0 fully saturated rings. The first kappa shape index (κ1) is 14.1. The van der Waals surface area contributed by atoms with E-state index in [-0.39, 0.29) is 18.9 Å². The number of non-ortho nitro benzene ring substituents is 1. The fourth-order valence-corrected chi connectivity index (χ4v) is 1.81. The first-order valence-corrected chi connectivity index (χ1v) is 5.90. The Labute approximate surface area is 114 Å². The molecule has 0 aliphatic carbocycles. The van der Waals surface area contributed by atoms with Crippen LogP contribution in [-0.4, -0.2) is 32.1 Å². The van der Waals surface area contributed by atoms with Crippen molar-refractivity contribution in [1.82, 2.24) is 15.0 Å². The number of aromatic nitrogens is 3. The molecule has 0 saturated heterocycles. The van der Waals surface area contributed by atoms with Gasteiger partial charge in [0.15, 0.2) is 0 Å². The number of benzene rings is 1. The topological polar surface area (TPSA) is 103 Å². The van der Waals surface area contributed by atoms with Crippen molar-refractivity contribution >= 4 is 5.69 Å². The van der Waals surface area contributed by atoms with E-state index in [4.69, 9.17) is 4.74 Å². The molecule has 0 atom stereocenters. The minimum absolute atomic E-state index is 0.0421. The molecule has 1 aromatic carbocycles. The summed E-state index contributed by atoms with van der Waals surface area (Å²) in [6, 6.07) is 6.20. The molecule has 1 heterocycles. The number of hydrogen-bond acceptors (Lipinski definition) is 6. The van der Waals surface area contributed by atoms with Gasteiger partial charge in [-0.25, -0.2) is 4.68 Å². The third-order valence-corrected chi connectivity index (χ3v) is 2.83. The van der Waals surface area contributed by atoms with Crippen molar-refractivity contribution < 1.29 is 14.8 Å². The highest BCUT2D eigenvalue weighted by molar-refractivity contribution is 5.33. The first-order valence-electron chi connectivity index (χ1n) is 5.90. The highest BCUT2D eigenvalue weighted by Crippen LogP contribution is 2.14. The van der Waals surface area contributed by atoms with Gasteiger partial charge in [0.25, 0.3) is 5.69 Å². The molecule has 0 aliphatic heterocycles. The van der Waals surface area contributed by atoms with Crippen LogP contribution in [0.3, 0.4) is 0 Å². The quantitative estimate of drug-likeness (QED) is 0.621. The van der Waals surface area contributed by atoms with Gasteiger partial charge in [-0.05, 0) is 5.56 Å². The lowest BCUT2D eigenvalue weighted by Crippen LogP contribution is -2.08. The van der Waals surface area contributed by atoms with E-state index in [1.54, 1.807) is 23.9 Å². The summed E-state index contributed by atoms with van der Waals surface area (Å²) < 4.78 is 6.66. The van der Waals surface area contributed by atoms with Crippen LogP contribution in [0.25, 0.3) is 0 Å². The van der Waals surface area contributed by atoms with Crippen molar-refractivity contribution in [2.24, 2.45) is 0 Å². The Bertz CT molecular complexity index is 594. The highest BCUT2D eigenvalue weighted by atomic mass is 16.6. The van der Waals surface area contributed by atoms with Crippen molar-refractivity contribution in [3.8, 4) is 0 Å². The normalized spacial score (nSPS) is 10.7. The number of methoxy groups -OCH3 is 1. The third kappa shape index (κ3) is 2.98. The molecule has 1 N–H and O–H groups in total. The summed E-state index contributed by atoms with van der Waals surface area (Å²) in [5.41, 5.74) is 2.05. The van der Waals surface area contributed by atoms with Crippen LogP contribution in [0.15, 0.2) is 24.3 Å². The van der Waals surface area contributed by atoms with Crippen LogP contribution in [0.4, 0.5) is 5.69 Å². The van der Waals surface area contributed by atoms with E-state index >= 15 is 0 Å². The number of nitrogens with zero attached hydrogens (tertiary/aromatic N) is 4. The Morgan fingerprint density at radius 2 is 2.10 bits per heavy atom. The standard InChI is InChI=1S/C12H14N4O4/c1-20-8-12-11(7-17)13-14-15(12)6-9-2-4-10(5-3-9)16(18)19/h2-5,17H,6-8H2,1H3. The fraction of sp³-hybridized carbons (Fsp3) is 0.333. The molecule has 0 amide bonds. The molecule has 106 valence electrons. The maximum absolute atomic E-state index is 10.6. The lowest BCUT2D eigenvalue weighted by Gasteiger charge is -2.06. The number of rotatable bonds is 6. The SMILES string of the molecule is COCc1c(CO)nnn1Cc1ccc([N+](=O)[O-])cc1. The van der Waals surface area contributed by atoms with E-state index in [9.17, 15) is 15.2 Å². The largest absolute Gasteiger partial charge is 0.390 e. The van der Waals surface area contributed by atoms with E-state index in [0.717, 1.165) is 5.56 Å². The Balaban J connectivity index is 2.21. The summed E-state index contributed by atoms with van der Waals surface area (Å²) in [5, 5.41) is 27.6. The summed E-state index contributed by atoms with van der Waals surface area (Å²) in [6.45, 7) is 0.485. The van der Waals surface area contributed by atoms with Gasteiger partial charge in [0.1, 0.15) is 5.69 Å². The molecule has 0 aliphatic rings. The van der Waals surface area contributed by atoms with Gasteiger partial charge in [0.2, 0.25) is 0 Å². The molecule has 20 heavy (non-hydrogen) atoms. The zero-order valence-corrected chi connectivity index (χ0v) is 10.9. The molecule has 0 unspecified atom stereocenters. The highest BCUT2D eigenvalue weighted by Gasteiger charge is 2.12. The molecule has 2 aromatic rings. The molecule has 0 spiro atoms. The molecular formula is C12H14N4O4. The zero-order chi connectivity index (χ0) is 14.5. The monoisotopic (exact) mass is 278 g/mol. The molecule has 2 rings (SSSR count). The summed E-state index contributed by atoms with van der Waals surface area (Å²) in [5.74, 6) is 0. The van der Waals surface area contributed by atoms with Gasteiger partial charge in [-0.2, -0.15) is 0 Å². The third-order valence-electron chi connectivity index (χ3n) is 2.83. The van der Waals surface area contributed by atoms with Crippen LogP contribution in [0.2, 0.25) is 0 Å². The molecule has 1 aromatic heterocycles. The number of nitro groups is 1. The van der Waals surface area contributed by atoms with Crippen LogP contribution in [-0.2, 0) is 24.5 Å². The van der Waals surface area contributed by atoms with Gasteiger partial charge in [-0.3, -0.25) is 10.1 Å².